The molecular formula is C22H36N4O3. The lowest BCUT2D eigenvalue weighted by atomic mass is 9.82. The topological polar surface area (TPSA) is 87.0 Å². The van der Waals surface area contributed by atoms with Gasteiger partial charge in [-0.3, -0.25) is 19.3 Å². The molecule has 1 unspecified atom stereocenters. The van der Waals surface area contributed by atoms with Gasteiger partial charge in [0.1, 0.15) is 5.54 Å². The lowest BCUT2D eigenvalue weighted by molar-refractivity contribution is -0.149. The van der Waals surface area contributed by atoms with Crippen LogP contribution < -0.4 is 5.73 Å². The maximum absolute atomic E-state index is 13.2. The van der Waals surface area contributed by atoms with Crippen molar-refractivity contribution < 1.29 is 14.4 Å². The number of nitrogens with two attached hydrogens (primary N) is 1. The Morgan fingerprint density at radius 1 is 0.897 bits per heavy atom. The third-order valence-corrected chi connectivity index (χ3v) is 7.88. The average Bonchev–Trinajstić information content (AvgIpc) is 3.29. The summed E-state index contributed by atoms with van der Waals surface area (Å²) in [6.45, 7) is 3.61. The first-order chi connectivity index (χ1) is 14.0. The normalized spacial score (nSPS) is 29.2. The number of carbonyl (C=O) groups is 3. The molecule has 1 atom stereocenters. The monoisotopic (exact) mass is 404 g/mol. The summed E-state index contributed by atoms with van der Waals surface area (Å²) in [5, 5.41) is 0. The predicted octanol–water partition coefficient (Wildman–Crippen LogP) is 1.50. The maximum Gasteiger partial charge on any atom is 0.238 e. The van der Waals surface area contributed by atoms with Gasteiger partial charge >= 0.3 is 0 Å². The van der Waals surface area contributed by atoms with E-state index >= 15 is 0 Å². The highest BCUT2D eigenvalue weighted by Gasteiger charge is 2.47. The lowest BCUT2D eigenvalue weighted by Gasteiger charge is -2.48. The highest BCUT2D eigenvalue weighted by molar-refractivity contribution is 5.86. The van der Waals surface area contributed by atoms with Gasteiger partial charge in [0, 0.05) is 32.1 Å². The lowest BCUT2D eigenvalue weighted by Crippen LogP contribution is -2.64. The van der Waals surface area contributed by atoms with Crippen LogP contribution in [0.2, 0.25) is 0 Å². The molecule has 1 saturated carbocycles. The van der Waals surface area contributed by atoms with Crippen molar-refractivity contribution in [2.75, 3.05) is 32.7 Å². The minimum Gasteiger partial charge on any atom is -0.368 e. The Morgan fingerprint density at radius 2 is 1.55 bits per heavy atom. The summed E-state index contributed by atoms with van der Waals surface area (Å²) >= 11 is 0. The number of likely N-dealkylation sites (tertiary alicyclic amines) is 3. The fourth-order valence-electron chi connectivity index (χ4n) is 6.04. The number of primary amides is 1. The van der Waals surface area contributed by atoms with Gasteiger partial charge in [-0.05, 0) is 58.0 Å². The largest absolute Gasteiger partial charge is 0.368 e. The van der Waals surface area contributed by atoms with Crippen molar-refractivity contribution >= 4 is 17.7 Å². The molecule has 7 nitrogen and oxygen atoms in total. The van der Waals surface area contributed by atoms with Gasteiger partial charge in [-0.15, -0.1) is 0 Å². The smallest absolute Gasteiger partial charge is 0.238 e. The molecule has 3 amide bonds. The number of nitrogens with zero attached hydrogens (tertiary/aromatic N) is 3. The number of hydrogen-bond acceptors (Lipinski definition) is 4. The molecule has 0 spiro atoms. The summed E-state index contributed by atoms with van der Waals surface area (Å²) in [6.07, 6.45) is 10.4. The molecule has 0 aromatic rings. The van der Waals surface area contributed by atoms with Crippen LogP contribution in [0.15, 0.2) is 0 Å². The molecule has 3 saturated heterocycles. The third kappa shape index (κ3) is 4.03. The summed E-state index contributed by atoms with van der Waals surface area (Å²) < 4.78 is 0. The van der Waals surface area contributed by atoms with Crippen LogP contribution >= 0.6 is 0 Å². The first kappa shape index (κ1) is 20.6. The fraction of sp³-hybridized carbons (Fsp3) is 0.864. The molecule has 29 heavy (non-hydrogen) atoms. The molecule has 162 valence electrons. The minimum atomic E-state index is -0.588. The van der Waals surface area contributed by atoms with Crippen molar-refractivity contribution in [2.45, 2.75) is 82.2 Å². The van der Waals surface area contributed by atoms with Gasteiger partial charge in [-0.2, -0.15) is 0 Å². The average molecular weight is 405 g/mol. The Balaban J connectivity index is 1.38. The van der Waals surface area contributed by atoms with Crippen molar-refractivity contribution in [3.05, 3.63) is 0 Å². The number of piperidine rings is 3. The zero-order chi connectivity index (χ0) is 20.4. The van der Waals surface area contributed by atoms with Crippen LogP contribution in [0.1, 0.15) is 70.6 Å². The third-order valence-electron chi connectivity index (χ3n) is 7.88. The van der Waals surface area contributed by atoms with Gasteiger partial charge in [0.05, 0.1) is 5.92 Å². The summed E-state index contributed by atoms with van der Waals surface area (Å²) in [7, 11) is 0. The van der Waals surface area contributed by atoms with Crippen LogP contribution in [0.4, 0.5) is 0 Å². The Morgan fingerprint density at radius 3 is 2.17 bits per heavy atom. The molecule has 4 fully saturated rings. The van der Waals surface area contributed by atoms with Crippen molar-refractivity contribution in [1.29, 1.82) is 0 Å². The van der Waals surface area contributed by atoms with Gasteiger partial charge in [0.25, 0.3) is 0 Å². The van der Waals surface area contributed by atoms with Gasteiger partial charge in [0.15, 0.2) is 0 Å². The second kappa shape index (κ2) is 8.62. The molecule has 3 aliphatic heterocycles. The van der Waals surface area contributed by atoms with Gasteiger partial charge in [-0.1, -0.05) is 19.3 Å². The first-order valence-corrected chi connectivity index (χ1v) is 11.6. The van der Waals surface area contributed by atoms with E-state index in [1.807, 2.05) is 9.80 Å². The van der Waals surface area contributed by atoms with Crippen molar-refractivity contribution in [3.63, 3.8) is 0 Å². The van der Waals surface area contributed by atoms with Gasteiger partial charge in [0.2, 0.25) is 17.7 Å². The van der Waals surface area contributed by atoms with E-state index in [1.54, 1.807) is 0 Å². The van der Waals surface area contributed by atoms with E-state index in [2.05, 4.69) is 4.90 Å². The van der Waals surface area contributed by atoms with Crippen molar-refractivity contribution in [3.8, 4) is 0 Å². The van der Waals surface area contributed by atoms with Crippen LogP contribution in [0, 0.1) is 5.92 Å². The van der Waals surface area contributed by atoms with Gasteiger partial charge < -0.3 is 15.5 Å². The number of carbonyl (C=O) groups excluding carboxylic acids is 3. The number of hydrogen-bond donors (Lipinski definition) is 1. The highest BCUT2D eigenvalue weighted by atomic mass is 16.2. The molecule has 0 aromatic carbocycles. The van der Waals surface area contributed by atoms with E-state index < -0.39 is 5.54 Å². The predicted molar refractivity (Wildman–Crippen MR) is 110 cm³/mol. The van der Waals surface area contributed by atoms with E-state index in [1.165, 1.54) is 19.3 Å². The first-order valence-electron chi connectivity index (χ1n) is 11.6. The molecule has 0 radical (unpaired) electrons. The number of amides is 3. The van der Waals surface area contributed by atoms with E-state index in [-0.39, 0.29) is 23.6 Å². The second-order valence-electron chi connectivity index (χ2n) is 9.49. The summed E-state index contributed by atoms with van der Waals surface area (Å²) in [6, 6.07) is 0.334. The molecule has 0 aromatic heterocycles. The quantitative estimate of drug-likeness (QED) is 0.769. The fourth-order valence-corrected chi connectivity index (χ4v) is 6.04. The summed E-state index contributed by atoms with van der Waals surface area (Å²) in [5.74, 6) is 0.0567. The summed E-state index contributed by atoms with van der Waals surface area (Å²) in [4.78, 5) is 44.3. The highest BCUT2D eigenvalue weighted by Crippen LogP contribution is 2.34. The van der Waals surface area contributed by atoms with Crippen LogP contribution in [-0.4, -0.2) is 76.7 Å². The second-order valence-corrected chi connectivity index (χ2v) is 9.49. The van der Waals surface area contributed by atoms with Crippen LogP contribution in [-0.2, 0) is 14.4 Å². The Hall–Kier alpha value is -1.63. The molecule has 4 rings (SSSR count). The van der Waals surface area contributed by atoms with Crippen LogP contribution in [0.3, 0.4) is 0 Å². The minimum absolute atomic E-state index is 0.0932. The van der Waals surface area contributed by atoms with Gasteiger partial charge in [-0.25, -0.2) is 0 Å². The molecule has 4 aliphatic rings. The Labute approximate surface area is 173 Å². The molecular weight excluding hydrogens is 368 g/mol. The van der Waals surface area contributed by atoms with E-state index in [4.69, 9.17) is 5.73 Å². The Kier molecular flexibility index (Phi) is 6.13. The molecule has 1 aliphatic carbocycles. The van der Waals surface area contributed by atoms with E-state index in [0.29, 0.717) is 51.4 Å². The molecule has 0 bridgehead atoms. The van der Waals surface area contributed by atoms with Crippen LogP contribution in [0.5, 0.6) is 0 Å². The SMILES string of the molecule is NC(=O)C1(N2CCCCC2)CCN(C(=O)C2CCC(=O)N(C3CCCC3)C2)CC1. The van der Waals surface area contributed by atoms with E-state index in [0.717, 1.165) is 38.8 Å². The van der Waals surface area contributed by atoms with Crippen LogP contribution in [0.25, 0.3) is 0 Å². The Bertz CT molecular complexity index is 632. The molecule has 7 heteroatoms. The molecule has 3 heterocycles. The standard InChI is InChI=1S/C22H36N4O3/c23-21(29)22(25-12-4-1-5-13-25)10-14-24(15-11-22)20(28)17-8-9-19(27)26(16-17)18-6-2-3-7-18/h17-18H,1-16H2,(H2,23,29). The van der Waals surface area contributed by atoms with Crippen molar-refractivity contribution in [2.24, 2.45) is 11.7 Å². The van der Waals surface area contributed by atoms with Crippen molar-refractivity contribution in [1.82, 2.24) is 14.7 Å². The molecule has 2 N–H and O–H groups in total. The number of rotatable bonds is 4. The zero-order valence-electron chi connectivity index (χ0n) is 17.6. The zero-order valence-corrected chi connectivity index (χ0v) is 17.6. The van der Waals surface area contributed by atoms with E-state index in [9.17, 15) is 14.4 Å². The maximum atomic E-state index is 13.2. The summed E-state index contributed by atoms with van der Waals surface area (Å²) in [5.41, 5.74) is 5.28.